The van der Waals surface area contributed by atoms with E-state index in [-0.39, 0.29) is 29.6 Å². The van der Waals surface area contributed by atoms with E-state index in [4.69, 9.17) is 13.9 Å². The molecule has 1 atom stereocenters. The minimum absolute atomic E-state index is 0.0773. The summed E-state index contributed by atoms with van der Waals surface area (Å²) in [6, 6.07) is 0. The summed E-state index contributed by atoms with van der Waals surface area (Å²) in [7, 11) is -1.92. The molecule has 0 aliphatic heterocycles. The molecule has 0 aromatic rings. The van der Waals surface area contributed by atoms with Crippen LogP contribution in [0.2, 0.25) is 18.1 Å². The van der Waals surface area contributed by atoms with E-state index in [0.29, 0.717) is 12.8 Å². The van der Waals surface area contributed by atoms with Gasteiger partial charge in [-0.05, 0) is 45.8 Å². The second-order valence-corrected chi connectivity index (χ2v) is 12.7. The first-order valence-corrected chi connectivity index (χ1v) is 11.2. The van der Waals surface area contributed by atoms with Crippen LogP contribution >= 0.6 is 0 Å². The van der Waals surface area contributed by atoms with Gasteiger partial charge in [0.2, 0.25) is 0 Å². The summed E-state index contributed by atoms with van der Waals surface area (Å²) in [6.45, 7) is 18.9. The summed E-state index contributed by atoms with van der Waals surface area (Å²) in [5.74, 6) is 0. The van der Waals surface area contributed by atoms with Gasteiger partial charge in [-0.3, -0.25) is 0 Å². The second-order valence-electron chi connectivity index (χ2n) is 7.94. The highest BCUT2D eigenvalue weighted by molar-refractivity contribution is 6.74. The van der Waals surface area contributed by atoms with E-state index < -0.39 is 8.32 Å². The summed E-state index contributed by atoms with van der Waals surface area (Å²) in [6.07, 6.45) is 1.56. The van der Waals surface area contributed by atoms with Gasteiger partial charge in [-0.15, -0.1) is 0 Å². The maximum Gasteiger partial charge on any atom is 0.192 e. The predicted molar refractivity (Wildman–Crippen MR) is 93.6 cm³/mol. The van der Waals surface area contributed by atoms with Crippen molar-refractivity contribution in [1.82, 2.24) is 0 Å². The normalized spacial score (nSPS) is 14.9. The van der Waals surface area contributed by atoms with Gasteiger partial charge in [0.25, 0.3) is 0 Å². The number of hydrogen-bond donors (Lipinski definition) is 0. The van der Waals surface area contributed by atoms with Gasteiger partial charge in [-0.1, -0.05) is 20.8 Å². The molecular formula is C17H36O4Si. The minimum atomic E-state index is -1.92. The van der Waals surface area contributed by atoms with Gasteiger partial charge < -0.3 is 18.7 Å². The zero-order valence-electron chi connectivity index (χ0n) is 15.9. The van der Waals surface area contributed by atoms with E-state index >= 15 is 0 Å². The van der Waals surface area contributed by atoms with Crippen LogP contribution in [0.3, 0.4) is 0 Å². The molecule has 0 rings (SSSR count). The molecule has 0 aromatic carbocycles. The maximum absolute atomic E-state index is 11.0. The highest BCUT2D eigenvalue weighted by Crippen LogP contribution is 2.38. The van der Waals surface area contributed by atoms with Crippen molar-refractivity contribution in [3.8, 4) is 0 Å². The summed E-state index contributed by atoms with van der Waals surface area (Å²) < 4.78 is 18.1. The van der Waals surface area contributed by atoms with Gasteiger partial charge >= 0.3 is 0 Å². The number of carbonyl (C=O) groups excluding carboxylic acids is 1. The average Bonchev–Trinajstić information content (AvgIpc) is 2.24. The van der Waals surface area contributed by atoms with Crippen molar-refractivity contribution in [3.63, 3.8) is 0 Å². The molecule has 0 saturated heterocycles. The fourth-order valence-electron chi connectivity index (χ4n) is 1.86. The maximum atomic E-state index is 11.0. The first-order chi connectivity index (χ1) is 9.89. The first kappa shape index (κ1) is 21.8. The van der Waals surface area contributed by atoms with E-state index in [0.717, 1.165) is 6.29 Å². The van der Waals surface area contributed by atoms with E-state index in [1.165, 1.54) is 0 Å². The van der Waals surface area contributed by atoms with E-state index in [9.17, 15) is 4.79 Å². The molecule has 0 spiro atoms. The Morgan fingerprint density at radius 2 is 1.45 bits per heavy atom. The third-order valence-electron chi connectivity index (χ3n) is 3.93. The van der Waals surface area contributed by atoms with Crippen molar-refractivity contribution in [2.45, 2.75) is 104 Å². The van der Waals surface area contributed by atoms with Gasteiger partial charge in [0.05, 0.1) is 18.3 Å². The Morgan fingerprint density at radius 1 is 1.00 bits per heavy atom. The zero-order chi connectivity index (χ0) is 17.6. The van der Waals surface area contributed by atoms with Gasteiger partial charge in [0.1, 0.15) is 6.29 Å². The number of ether oxygens (including phenoxy) is 2. The monoisotopic (exact) mass is 332 g/mol. The van der Waals surface area contributed by atoms with Crippen LogP contribution in [-0.2, 0) is 18.7 Å². The Kier molecular flexibility index (Phi) is 9.06. The summed E-state index contributed by atoms with van der Waals surface area (Å²) in [4.78, 5) is 11.0. The van der Waals surface area contributed by atoms with Crippen LogP contribution in [0.4, 0.5) is 0 Å². The molecule has 0 bridgehead atoms. The molecule has 0 unspecified atom stereocenters. The standard InChI is InChI=1S/C17H36O4Si/c1-13(2)19-16(20-14(3)4)12-15(10-11-18)21-22(8,9)17(5,6)7/h11,13-16H,10,12H2,1-9H3/t15-/m1/s1. The Balaban J connectivity index is 4.94. The number of hydrogen-bond acceptors (Lipinski definition) is 4. The molecule has 0 N–H and O–H groups in total. The lowest BCUT2D eigenvalue weighted by atomic mass is 10.2. The van der Waals surface area contributed by atoms with Crippen LogP contribution in [-0.4, -0.2) is 39.2 Å². The quantitative estimate of drug-likeness (QED) is 0.335. The number of carbonyl (C=O) groups is 1. The fourth-order valence-corrected chi connectivity index (χ4v) is 3.24. The van der Waals surface area contributed by atoms with Gasteiger partial charge in [-0.25, -0.2) is 0 Å². The van der Waals surface area contributed by atoms with Gasteiger partial charge in [0.15, 0.2) is 14.6 Å². The van der Waals surface area contributed by atoms with Crippen LogP contribution in [0.5, 0.6) is 0 Å². The topological polar surface area (TPSA) is 44.8 Å². The lowest BCUT2D eigenvalue weighted by molar-refractivity contribution is -0.192. The second kappa shape index (κ2) is 9.16. The number of aldehydes is 1. The fraction of sp³-hybridized carbons (Fsp3) is 0.941. The third kappa shape index (κ3) is 8.41. The van der Waals surface area contributed by atoms with E-state index in [2.05, 4.69) is 33.9 Å². The smallest absolute Gasteiger partial charge is 0.192 e. The molecule has 0 amide bonds. The van der Waals surface area contributed by atoms with Crippen LogP contribution < -0.4 is 0 Å². The highest BCUT2D eigenvalue weighted by atomic mass is 28.4. The first-order valence-electron chi connectivity index (χ1n) is 8.31. The van der Waals surface area contributed by atoms with Crippen molar-refractivity contribution in [2.75, 3.05) is 0 Å². The van der Waals surface area contributed by atoms with Crippen LogP contribution in [0.1, 0.15) is 61.3 Å². The summed E-state index contributed by atoms with van der Waals surface area (Å²) >= 11 is 0. The van der Waals surface area contributed by atoms with Gasteiger partial charge in [-0.2, -0.15) is 0 Å². The molecule has 5 heteroatoms. The Hall–Kier alpha value is -0.233. The molecule has 0 aromatic heterocycles. The zero-order valence-corrected chi connectivity index (χ0v) is 16.9. The van der Waals surface area contributed by atoms with E-state index in [1.807, 2.05) is 27.7 Å². The summed E-state index contributed by atoms with van der Waals surface area (Å²) in [5.41, 5.74) is 0. The van der Waals surface area contributed by atoms with Crippen molar-refractivity contribution in [1.29, 1.82) is 0 Å². The minimum Gasteiger partial charge on any atom is -0.413 e. The Morgan fingerprint density at radius 3 is 1.77 bits per heavy atom. The molecule has 4 nitrogen and oxygen atoms in total. The largest absolute Gasteiger partial charge is 0.413 e. The summed E-state index contributed by atoms with van der Waals surface area (Å²) in [5, 5.41) is 0.113. The van der Waals surface area contributed by atoms with Crippen molar-refractivity contribution >= 4 is 14.6 Å². The predicted octanol–water partition coefficient (Wildman–Crippen LogP) is 4.53. The number of rotatable bonds is 10. The highest BCUT2D eigenvalue weighted by Gasteiger charge is 2.39. The van der Waals surface area contributed by atoms with Crippen molar-refractivity contribution in [3.05, 3.63) is 0 Å². The molecule has 0 aliphatic rings. The van der Waals surface area contributed by atoms with Crippen LogP contribution in [0, 0.1) is 0 Å². The lowest BCUT2D eigenvalue weighted by Crippen LogP contribution is -2.45. The molecule has 132 valence electrons. The molecule has 0 radical (unpaired) electrons. The molecule has 0 aliphatic carbocycles. The molecule has 0 saturated carbocycles. The van der Waals surface area contributed by atoms with Gasteiger partial charge in [0, 0.05) is 12.8 Å². The Labute approximate surface area is 138 Å². The average molecular weight is 333 g/mol. The lowest BCUT2D eigenvalue weighted by Gasteiger charge is -2.39. The molecule has 0 heterocycles. The molecule has 0 fully saturated rings. The SMILES string of the molecule is CC(C)OC(C[C@@H](CC=O)O[Si](C)(C)C(C)(C)C)OC(C)C. The van der Waals surface area contributed by atoms with Crippen LogP contribution in [0.25, 0.3) is 0 Å². The molecular weight excluding hydrogens is 296 g/mol. The van der Waals surface area contributed by atoms with Crippen molar-refractivity contribution in [2.24, 2.45) is 0 Å². The molecule has 22 heavy (non-hydrogen) atoms. The van der Waals surface area contributed by atoms with Crippen molar-refractivity contribution < 1.29 is 18.7 Å². The van der Waals surface area contributed by atoms with Crippen LogP contribution in [0.15, 0.2) is 0 Å². The Bertz CT molecular complexity index is 311. The third-order valence-corrected chi connectivity index (χ3v) is 8.46. The van der Waals surface area contributed by atoms with E-state index in [1.54, 1.807) is 0 Å².